The Kier molecular flexibility index (Phi) is 3.60. The number of hydrogen-bond donors (Lipinski definition) is 1. The predicted molar refractivity (Wildman–Crippen MR) is 82.7 cm³/mol. The first-order chi connectivity index (χ1) is 10.1. The van der Waals surface area contributed by atoms with Gasteiger partial charge in [-0.15, -0.1) is 16.4 Å². The van der Waals surface area contributed by atoms with Gasteiger partial charge in [-0.05, 0) is 32.9 Å². The Hall–Kier alpha value is -1.99. The molecule has 0 unspecified atom stereocenters. The number of aromatic nitrogens is 4. The smallest absolute Gasteiger partial charge is 0.322 e. The third-order valence-electron chi connectivity index (χ3n) is 3.14. The van der Waals surface area contributed by atoms with E-state index in [4.69, 9.17) is 10.5 Å². The molecule has 110 valence electrons. The van der Waals surface area contributed by atoms with Crippen molar-refractivity contribution in [3.8, 4) is 11.8 Å². The van der Waals surface area contributed by atoms with Crippen LogP contribution in [0.15, 0.2) is 18.2 Å². The van der Waals surface area contributed by atoms with E-state index in [9.17, 15) is 0 Å². The Morgan fingerprint density at radius 2 is 2.19 bits per heavy atom. The standard InChI is InChI=1S/C14H17N5OS/c1-4-19-13(8(2)15)17-18-14(19)20-10-5-6-12-11(7-10)16-9(3)21-12/h5-8H,4,15H2,1-3H3/t8-/m1/s1. The molecule has 0 aliphatic rings. The van der Waals surface area contributed by atoms with E-state index in [2.05, 4.69) is 15.2 Å². The summed E-state index contributed by atoms with van der Waals surface area (Å²) in [5.74, 6) is 1.42. The molecule has 1 atom stereocenters. The molecular formula is C14H17N5OS. The van der Waals surface area contributed by atoms with Crippen LogP contribution in [0.5, 0.6) is 11.8 Å². The third-order valence-corrected chi connectivity index (χ3v) is 4.10. The van der Waals surface area contributed by atoms with Gasteiger partial charge in [-0.1, -0.05) is 5.10 Å². The molecule has 0 aliphatic heterocycles. The largest absolute Gasteiger partial charge is 0.424 e. The summed E-state index contributed by atoms with van der Waals surface area (Å²) in [4.78, 5) is 4.47. The number of rotatable bonds is 4. The van der Waals surface area contributed by atoms with Crippen LogP contribution in [0, 0.1) is 6.92 Å². The van der Waals surface area contributed by atoms with Gasteiger partial charge in [0.25, 0.3) is 0 Å². The zero-order valence-corrected chi connectivity index (χ0v) is 13.0. The number of benzene rings is 1. The molecule has 0 radical (unpaired) electrons. The van der Waals surface area contributed by atoms with Crippen LogP contribution in [0.25, 0.3) is 10.2 Å². The fourth-order valence-corrected chi connectivity index (χ4v) is 3.01. The van der Waals surface area contributed by atoms with E-state index in [0.29, 0.717) is 18.3 Å². The molecule has 2 heterocycles. The number of nitrogens with two attached hydrogens (primary N) is 1. The first-order valence-electron chi connectivity index (χ1n) is 6.82. The summed E-state index contributed by atoms with van der Waals surface area (Å²) in [7, 11) is 0. The van der Waals surface area contributed by atoms with Crippen molar-refractivity contribution in [2.75, 3.05) is 0 Å². The van der Waals surface area contributed by atoms with Crippen molar-refractivity contribution < 1.29 is 4.74 Å². The van der Waals surface area contributed by atoms with Crippen molar-refractivity contribution in [1.29, 1.82) is 0 Å². The second-order valence-corrected chi connectivity index (χ2v) is 6.07. The number of hydrogen-bond acceptors (Lipinski definition) is 6. The van der Waals surface area contributed by atoms with E-state index >= 15 is 0 Å². The summed E-state index contributed by atoms with van der Waals surface area (Å²) in [5.41, 5.74) is 6.82. The van der Waals surface area contributed by atoms with E-state index in [0.717, 1.165) is 21.0 Å². The SMILES string of the molecule is CCn1c(Oc2ccc3sc(C)nc3c2)nnc1[C@@H](C)N. The lowest BCUT2D eigenvalue weighted by molar-refractivity contribution is 0.409. The lowest BCUT2D eigenvalue weighted by Crippen LogP contribution is -2.13. The van der Waals surface area contributed by atoms with Gasteiger partial charge in [-0.3, -0.25) is 4.57 Å². The summed E-state index contributed by atoms with van der Waals surface area (Å²) in [5, 5.41) is 9.22. The Bertz CT molecular complexity index is 777. The Balaban J connectivity index is 1.94. The van der Waals surface area contributed by atoms with Gasteiger partial charge in [0.2, 0.25) is 0 Å². The molecule has 0 saturated carbocycles. The maximum absolute atomic E-state index is 5.89. The van der Waals surface area contributed by atoms with E-state index in [1.165, 1.54) is 0 Å². The highest BCUT2D eigenvalue weighted by Gasteiger charge is 2.15. The third kappa shape index (κ3) is 2.62. The van der Waals surface area contributed by atoms with Crippen LogP contribution in [0.3, 0.4) is 0 Å². The number of nitrogens with zero attached hydrogens (tertiary/aromatic N) is 4. The van der Waals surface area contributed by atoms with Crippen molar-refractivity contribution in [2.45, 2.75) is 33.4 Å². The summed E-state index contributed by atoms with van der Waals surface area (Å²) >= 11 is 1.67. The fraction of sp³-hybridized carbons (Fsp3) is 0.357. The van der Waals surface area contributed by atoms with Crippen LogP contribution < -0.4 is 10.5 Å². The first-order valence-corrected chi connectivity index (χ1v) is 7.64. The molecule has 0 amide bonds. The molecule has 2 aromatic heterocycles. The minimum absolute atomic E-state index is 0.182. The van der Waals surface area contributed by atoms with E-state index in [1.807, 2.05) is 43.5 Å². The van der Waals surface area contributed by atoms with Crippen molar-refractivity contribution in [3.05, 3.63) is 29.0 Å². The van der Waals surface area contributed by atoms with Gasteiger partial charge >= 0.3 is 6.01 Å². The molecule has 0 fully saturated rings. The van der Waals surface area contributed by atoms with Crippen LogP contribution in [-0.2, 0) is 6.54 Å². The maximum Gasteiger partial charge on any atom is 0.322 e. The highest BCUT2D eigenvalue weighted by molar-refractivity contribution is 7.18. The van der Waals surface area contributed by atoms with Gasteiger partial charge in [0, 0.05) is 12.6 Å². The number of thiazole rings is 1. The van der Waals surface area contributed by atoms with Gasteiger partial charge < -0.3 is 10.5 Å². The Morgan fingerprint density at radius 3 is 2.90 bits per heavy atom. The Morgan fingerprint density at radius 1 is 1.38 bits per heavy atom. The average molecular weight is 303 g/mol. The summed E-state index contributed by atoms with van der Waals surface area (Å²) < 4.78 is 8.87. The molecule has 0 saturated heterocycles. The molecule has 0 aliphatic carbocycles. The van der Waals surface area contributed by atoms with Crippen LogP contribution in [-0.4, -0.2) is 19.7 Å². The van der Waals surface area contributed by atoms with Gasteiger partial charge in [-0.2, -0.15) is 0 Å². The van der Waals surface area contributed by atoms with Gasteiger partial charge in [0.1, 0.15) is 5.75 Å². The monoisotopic (exact) mass is 303 g/mol. The molecule has 3 rings (SSSR count). The summed E-state index contributed by atoms with van der Waals surface area (Å²) in [6.07, 6.45) is 0. The highest BCUT2D eigenvalue weighted by Crippen LogP contribution is 2.28. The predicted octanol–water partition coefficient (Wildman–Crippen LogP) is 3.03. The Labute approximate surface area is 126 Å². The normalized spacial score (nSPS) is 12.8. The lowest BCUT2D eigenvalue weighted by Gasteiger charge is -2.09. The minimum atomic E-state index is -0.182. The lowest BCUT2D eigenvalue weighted by atomic mass is 10.3. The molecular weight excluding hydrogens is 286 g/mol. The molecule has 2 N–H and O–H groups in total. The maximum atomic E-state index is 5.89. The molecule has 3 aromatic rings. The van der Waals surface area contributed by atoms with Gasteiger partial charge in [0.05, 0.1) is 21.3 Å². The summed E-state index contributed by atoms with van der Waals surface area (Å²) in [6, 6.07) is 6.11. The average Bonchev–Trinajstić information content (AvgIpc) is 3.00. The highest BCUT2D eigenvalue weighted by atomic mass is 32.1. The minimum Gasteiger partial charge on any atom is -0.424 e. The van der Waals surface area contributed by atoms with Gasteiger partial charge in [-0.25, -0.2) is 4.98 Å². The second kappa shape index (κ2) is 5.42. The van der Waals surface area contributed by atoms with Gasteiger partial charge in [0.15, 0.2) is 5.82 Å². The molecule has 6 nitrogen and oxygen atoms in total. The van der Waals surface area contributed by atoms with E-state index in [-0.39, 0.29) is 6.04 Å². The van der Waals surface area contributed by atoms with Crippen molar-refractivity contribution in [3.63, 3.8) is 0 Å². The van der Waals surface area contributed by atoms with Crippen molar-refractivity contribution >= 4 is 21.6 Å². The molecule has 21 heavy (non-hydrogen) atoms. The fourth-order valence-electron chi connectivity index (χ4n) is 2.20. The zero-order chi connectivity index (χ0) is 15.0. The summed E-state index contributed by atoms with van der Waals surface area (Å²) in [6.45, 7) is 6.59. The van der Waals surface area contributed by atoms with Crippen molar-refractivity contribution in [1.82, 2.24) is 19.7 Å². The topological polar surface area (TPSA) is 78.8 Å². The number of ether oxygens (including phenoxy) is 1. The van der Waals surface area contributed by atoms with Crippen LogP contribution in [0.4, 0.5) is 0 Å². The molecule has 0 bridgehead atoms. The van der Waals surface area contributed by atoms with E-state index in [1.54, 1.807) is 11.3 Å². The quantitative estimate of drug-likeness (QED) is 0.801. The first kappa shape index (κ1) is 14.0. The molecule has 0 spiro atoms. The second-order valence-electron chi connectivity index (χ2n) is 4.84. The van der Waals surface area contributed by atoms with Crippen LogP contribution in [0.2, 0.25) is 0 Å². The van der Waals surface area contributed by atoms with E-state index < -0.39 is 0 Å². The molecule has 1 aromatic carbocycles. The van der Waals surface area contributed by atoms with Crippen LogP contribution in [0.1, 0.15) is 30.7 Å². The zero-order valence-electron chi connectivity index (χ0n) is 12.2. The molecule has 7 heteroatoms. The number of fused-ring (bicyclic) bond motifs is 1. The van der Waals surface area contributed by atoms with Crippen LogP contribution >= 0.6 is 11.3 Å². The number of aryl methyl sites for hydroxylation is 1. The van der Waals surface area contributed by atoms with Crippen molar-refractivity contribution in [2.24, 2.45) is 5.73 Å².